The van der Waals surface area contributed by atoms with Crippen molar-refractivity contribution in [3.63, 3.8) is 0 Å². The lowest BCUT2D eigenvalue weighted by Crippen LogP contribution is -2.23. The molecule has 37 heavy (non-hydrogen) atoms. The zero-order valence-corrected chi connectivity index (χ0v) is 21.5. The third-order valence-corrected chi connectivity index (χ3v) is 7.21. The minimum absolute atomic E-state index is 0.225. The molecule has 0 saturated carbocycles. The Kier molecular flexibility index (Phi) is 5.82. The summed E-state index contributed by atoms with van der Waals surface area (Å²) in [5.74, 6) is 1.29. The van der Waals surface area contributed by atoms with E-state index in [4.69, 9.17) is 21.4 Å². The zero-order chi connectivity index (χ0) is 25.5. The van der Waals surface area contributed by atoms with Gasteiger partial charge in [0.15, 0.2) is 5.82 Å². The van der Waals surface area contributed by atoms with Crippen LogP contribution in [0.2, 0.25) is 5.02 Å². The second-order valence-corrected chi connectivity index (χ2v) is 9.90. The van der Waals surface area contributed by atoms with E-state index in [-0.39, 0.29) is 5.56 Å². The van der Waals surface area contributed by atoms with Crippen molar-refractivity contribution in [2.24, 2.45) is 0 Å². The van der Waals surface area contributed by atoms with Gasteiger partial charge in [0.2, 0.25) is 4.96 Å². The molecule has 182 valence electrons. The van der Waals surface area contributed by atoms with E-state index in [1.807, 2.05) is 84.5 Å². The largest absolute Gasteiger partial charge is 0.496 e. The summed E-state index contributed by atoms with van der Waals surface area (Å²) in [7, 11) is 1.65. The fraction of sp³-hybridized carbons (Fsp3) is 0.0714. The highest BCUT2D eigenvalue weighted by Gasteiger charge is 2.16. The van der Waals surface area contributed by atoms with Crippen molar-refractivity contribution in [1.29, 1.82) is 0 Å². The van der Waals surface area contributed by atoms with Crippen LogP contribution >= 0.6 is 22.9 Å². The molecule has 7 nitrogen and oxygen atoms in total. The van der Waals surface area contributed by atoms with Gasteiger partial charge in [0.25, 0.3) is 5.56 Å². The summed E-state index contributed by atoms with van der Waals surface area (Å²) in [5.41, 5.74) is 4.99. The summed E-state index contributed by atoms with van der Waals surface area (Å²) >= 11 is 7.28. The van der Waals surface area contributed by atoms with Gasteiger partial charge in [-0.3, -0.25) is 4.79 Å². The lowest BCUT2D eigenvalue weighted by molar-refractivity contribution is 0.412. The minimum atomic E-state index is -0.225. The molecule has 6 aromatic rings. The van der Waals surface area contributed by atoms with Crippen LogP contribution in [-0.2, 0) is 0 Å². The second kappa shape index (κ2) is 9.31. The molecule has 0 amide bonds. The van der Waals surface area contributed by atoms with Crippen LogP contribution in [0.5, 0.6) is 5.75 Å². The van der Waals surface area contributed by atoms with Gasteiger partial charge in [0.1, 0.15) is 11.4 Å². The highest BCUT2D eigenvalue weighted by Crippen LogP contribution is 2.29. The molecule has 0 saturated heterocycles. The quantitative estimate of drug-likeness (QED) is 0.310. The first kappa shape index (κ1) is 23.1. The molecule has 0 unspecified atom stereocenters. The number of nitrogens with zero attached hydrogens (tertiary/aromatic N) is 5. The number of aromatic nitrogens is 5. The Morgan fingerprint density at radius 1 is 0.973 bits per heavy atom. The van der Waals surface area contributed by atoms with Crippen LogP contribution in [-0.4, -0.2) is 31.5 Å². The molecule has 3 heterocycles. The maximum Gasteiger partial charge on any atom is 0.291 e. The second-order valence-electron chi connectivity index (χ2n) is 8.45. The number of rotatable bonds is 5. The van der Waals surface area contributed by atoms with E-state index in [9.17, 15) is 4.79 Å². The summed E-state index contributed by atoms with van der Waals surface area (Å²) in [6, 6.07) is 23.0. The van der Waals surface area contributed by atoms with Crippen molar-refractivity contribution in [3.8, 4) is 34.1 Å². The first-order valence-corrected chi connectivity index (χ1v) is 12.7. The summed E-state index contributed by atoms with van der Waals surface area (Å²) in [6.45, 7) is 1.99. The molecule has 0 radical (unpaired) electrons. The van der Waals surface area contributed by atoms with Crippen LogP contribution < -0.4 is 14.8 Å². The Labute approximate surface area is 220 Å². The van der Waals surface area contributed by atoms with Crippen LogP contribution in [0.4, 0.5) is 0 Å². The number of aryl methyl sites for hydroxylation is 1. The van der Waals surface area contributed by atoms with Gasteiger partial charge in [0, 0.05) is 27.9 Å². The van der Waals surface area contributed by atoms with Gasteiger partial charge in [0.05, 0.1) is 17.3 Å². The normalized spacial score (nSPS) is 11.9. The topological polar surface area (TPSA) is 74.3 Å². The van der Waals surface area contributed by atoms with Gasteiger partial charge in [-0.2, -0.15) is 14.6 Å². The van der Waals surface area contributed by atoms with E-state index < -0.39 is 0 Å². The van der Waals surface area contributed by atoms with Crippen molar-refractivity contribution in [2.75, 3.05) is 7.11 Å². The fourth-order valence-electron chi connectivity index (χ4n) is 4.15. The highest BCUT2D eigenvalue weighted by molar-refractivity contribution is 7.15. The van der Waals surface area contributed by atoms with Crippen molar-refractivity contribution in [2.45, 2.75) is 6.92 Å². The van der Waals surface area contributed by atoms with E-state index in [2.05, 4.69) is 10.1 Å². The fourth-order valence-corrected chi connectivity index (χ4v) is 5.18. The van der Waals surface area contributed by atoms with Crippen molar-refractivity contribution in [3.05, 3.63) is 110 Å². The molecule has 0 bridgehead atoms. The Hall–Kier alpha value is -4.27. The van der Waals surface area contributed by atoms with E-state index in [0.29, 0.717) is 20.3 Å². The number of halogens is 1. The number of thiazole rings is 1. The summed E-state index contributed by atoms with van der Waals surface area (Å²) in [4.78, 5) is 18.4. The number of para-hydroxylation sites is 1. The van der Waals surface area contributed by atoms with Gasteiger partial charge in [-0.1, -0.05) is 41.1 Å². The Morgan fingerprint density at radius 3 is 2.43 bits per heavy atom. The molecule has 0 spiro atoms. The first-order valence-electron chi connectivity index (χ1n) is 11.5. The average molecular weight is 526 g/mol. The molecule has 3 aromatic heterocycles. The lowest BCUT2D eigenvalue weighted by atomic mass is 10.0. The Balaban J connectivity index is 1.48. The van der Waals surface area contributed by atoms with Crippen LogP contribution in [0.1, 0.15) is 11.1 Å². The molecule has 0 N–H and O–H groups in total. The number of fused-ring (bicyclic) bond motifs is 1. The minimum Gasteiger partial charge on any atom is -0.496 e. The maximum absolute atomic E-state index is 13.3. The Bertz CT molecular complexity index is 1860. The van der Waals surface area contributed by atoms with Crippen LogP contribution in [0.3, 0.4) is 0 Å². The maximum atomic E-state index is 13.3. The van der Waals surface area contributed by atoms with Crippen molar-refractivity contribution >= 4 is 34.0 Å². The number of ether oxygens (including phenoxy) is 1. The van der Waals surface area contributed by atoms with Crippen LogP contribution in [0, 0.1) is 6.92 Å². The van der Waals surface area contributed by atoms with Gasteiger partial charge < -0.3 is 4.74 Å². The average Bonchev–Trinajstić information content (AvgIpc) is 3.60. The monoisotopic (exact) mass is 525 g/mol. The summed E-state index contributed by atoms with van der Waals surface area (Å²) in [5, 5.41) is 9.95. The van der Waals surface area contributed by atoms with E-state index >= 15 is 0 Å². The lowest BCUT2D eigenvalue weighted by Gasteiger charge is -2.06. The van der Waals surface area contributed by atoms with E-state index in [1.165, 1.54) is 15.9 Å². The number of hydrogen-bond donors (Lipinski definition) is 0. The third kappa shape index (κ3) is 4.30. The molecule has 0 atom stereocenters. The molecule has 0 aliphatic rings. The summed E-state index contributed by atoms with van der Waals surface area (Å²) in [6.07, 6.45) is 3.78. The van der Waals surface area contributed by atoms with Gasteiger partial charge in [-0.05, 0) is 73.2 Å². The van der Waals surface area contributed by atoms with E-state index in [0.717, 1.165) is 39.4 Å². The predicted octanol–water partition coefficient (Wildman–Crippen LogP) is 5.19. The summed E-state index contributed by atoms with van der Waals surface area (Å²) < 4.78 is 9.12. The Morgan fingerprint density at radius 2 is 1.73 bits per heavy atom. The van der Waals surface area contributed by atoms with Crippen LogP contribution in [0.25, 0.3) is 39.4 Å². The molecule has 0 fully saturated rings. The SMILES string of the molecule is COc1ccc(-c2nn(-c3ccccc3)cc2/C=c2\sc3nc(-c4ccc(Cl)cc4)nn3c2=O)cc1C. The third-order valence-electron chi connectivity index (χ3n) is 6.00. The van der Waals surface area contributed by atoms with Gasteiger partial charge in [-0.15, -0.1) is 5.10 Å². The first-order chi connectivity index (χ1) is 18.0. The van der Waals surface area contributed by atoms with Crippen molar-refractivity contribution < 1.29 is 4.74 Å². The van der Waals surface area contributed by atoms with Gasteiger partial charge >= 0.3 is 0 Å². The number of hydrogen-bond acceptors (Lipinski definition) is 6. The smallest absolute Gasteiger partial charge is 0.291 e. The highest BCUT2D eigenvalue weighted by atomic mass is 35.5. The molecule has 9 heteroatoms. The van der Waals surface area contributed by atoms with Gasteiger partial charge in [-0.25, -0.2) is 4.68 Å². The molecular weight excluding hydrogens is 506 g/mol. The molecule has 0 aliphatic carbocycles. The van der Waals surface area contributed by atoms with Crippen LogP contribution in [0.15, 0.2) is 83.8 Å². The standard InChI is InChI=1S/C28H20ClN5O2S/c1-17-14-19(10-13-23(17)36-2)25-20(16-33(31-25)22-6-4-3-5-7-22)15-24-27(35)34-28(37-24)30-26(32-34)18-8-11-21(29)12-9-18/h3-16H,1-2H3/b24-15-. The molecule has 6 rings (SSSR count). The van der Waals surface area contributed by atoms with Crippen molar-refractivity contribution in [1.82, 2.24) is 24.4 Å². The van der Waals surface area contributed by atoms with E-state index in [1.54, 1.807) is 19.2 Å². The predicted molar refractivity (Wildman–Crippen MR) is 147 cm³/mol. The number of benzene rings is 3. The zero-order valence-electron chi connectivity index (χ0n) is 19.9. The molecule has 0 aliphatic heterocycles. The molecule has 3 aromatic carbocycles. The molecular formula is C28H20ClN5O2S. The number of methoxy groups -OCH3 is 1.